The molecule has 0 fully saturated rings. The molecule has 3 rings (SSSR count). The number of hydrogen-bond donors (Lipinski definition) is 1. The molecule has 0 saturated carbocycles. The van der Waals surface area contributed by atoms with Gasteiger partial charge in [0.2, 0.25) is 5.91 Å². The molecule has 1 amide bonds. The van der Waals surface area contributed by atoms with E-state index in [2.05, 4.69) is 10.3 Å². The third-order valence-electron chi connectivity index (χ3n) is 3.65. The molecule has 1 aromatic heterocycles. The third-order valence-corrected chi connectivity index (χ3v) is 4.62. The smallest absolute Gasteiger partial charge is 0.225 e. The van der Waals surface area contributed by atoms with Crippen LogP contribution >= 0.6 is 11.3 Å². The van der Waals surface area contributed by atoms with E-state index in [-0.39, 0.29) is 24.0 Å². The van der Waals surface area contributed by atoms with E-state index >= 15 is 0 Å². The Morgan fingerprint density at radius 3 is 2.28 bits per heavy atom. The van der Waals surface area contributed by atoms with Gasteiger partial charge in [-0.1, -0.05) is 12.1 Å². The summed E-state index contributed by atoms with van der Waals surface area (Å²) in [6.07, 6.45) is 0.194. The zero-order valence-corrected chi connectivity index (χ0v) is 14.4. The number of benzene rings is 2. The summed E-state index contributed by atoms with van der Waals surface area (Å²) >= 11 is 1.45. The van der Waals surface area contributed by atoms with Crippen molar-refractivity contribution in [1.29, 1.82) is 0 Å². The fourth-order valence-corrected chi connectivity index (χ4v) is 3.39. The highest BCUT2D eigenvalue weighted by atomic mass is 32.1. The van der Waals surface area contributed by atoms with Crippen LogP contribution in [0.1, 0.15) is 15.4 Å². The Labute approximate surface area is 148 Å². The molecule has 0 unspecified atom stereocenters. The number of rotatable bonds is 5. The largest absolute Gasteiger partial charge is 0.352 e. The van der Waals surface area contributed by atoms with Crippen molar-refractivity contribution in [3.63, 3.8) is 0 Å². The third kappa shape index (κ3) is 4.48. The van der Waals surface area contributed by atoms with Crippen molar-refractivity contribution >= 4 is 17.2 Å². The molecule has 25 heavy (non-hydrogen) atoms. The first-order chi connectivity index (χ1) is 12.0. The lowest BCUT2D eigenvalue weighted by atomic mass is 10.1. The summed E-state index contributed by atoms with van der Waals surface area (Å²) in [5.41, 5.74) is 2.32. The van der Waals surface area contributed by atoms with Crippen molar-refractivity contribution < 1.29 is 13.6 Å². The van der Waals surface area contributed by atoms with Gasteiger partial charge in [-0.3, -0.25) is 4.79 Å². The van der Waals surface area contributed by atoms with Crippen LogP contribution in [-0.2, 0) is 17.8 Å². The number of aryl methyl sites for hydroxylation is 1. The van der Waals surface area contributed by atoms with Crippen LogP contribution in [0.5, 0.6) is 0 Å². The van der Waals surface area contributed by atoms with Gasteiger partial charge in [-0.05, 0) is 48.9 Å². The van der Waals surface area contributed by atoms with Crippen molar-refractivity contribution in [2.45, 2.75) is 19.9 Å². The first-order valence-electron chi connectivity index (χ1n) is 7.74. The molecule has 3 aromatic rings. The van der Waals surface area contributed by atoms with Crippen molar-refractivity contribution in [2.24, 2.45) is 0 Å². The fraction of sp³-hybridized carbons (Fsp3) is 0.158. The molecule has 0 aliphatic carbocycles. The second kappa shape index (κ2) is 7.53. The Kier molecular flexibility index (Phi) is 5.19. The van der Waals surface area contributed by atoms with Gasteiger partial charge in [-0.15, -0.1) is 11.3 Å². The quantitative estimate of drug-likeness (QED) is 0.741. The van der Waals surface area contributed by atoms with Crippen LogP contribution in [0.2, 0.25) is 0 Å². The Hall–Kier alpha value is -2.60. The van der Waals surface area contributed by atoms with Gasteiger partial charge in [-0.25, -0.2) is 13.8 Å². The van der Waals surface area contributed by atoms with Crippen molar-refractivity contribution in [1.82, 2.24) is 10.3 Å². The SMILES string of the molecule is Cc1nc(-c2ccc(F)cc2)c(CC(=O)NCc2ccc(F)cc2)s1. The van der Waals surface area contributed by atoms with E-state index in [9.17, 15) is 13.6 Å². The zero-order valence-electron chi connectivity index (χ0n) is 13.6. The average Bonchev–Trinajstić information content (AvgIpc) is 2.95. The lowest BCUT2D eigenvalue weighted by Crippen LogP contribution is -2.24. The molecule has 1 N–H and O–H groups in total. The normalized spacial score (nSPS) is 10.7. The molecule has 2 aromatic carbocycles. The number of thiazole rings is 1. The summed E-state index contributed by atoms with van der Waals surface area (Å²) in [5, 5.41) is 3.67. The van der Waals surface area contributed by atoms with Crippen LogP contribution in [0.25, 0.3) is 11.3 Å². The molecule has 0 spiro atoms. The molecule has 0 atom stereocenters. The lowest BCUT2D eigenvalue weighted by Gasteiger charge is -2.06. The fourth-order valence-electron chi connectivity index (χ4n) is 2.43. The number of nitrogens with one attached hydrogen (secondary N) is 1. The molecule has 3 nitrogen and oxygen atoms in total. The van der Waals surface area contributed by atoms with Crippen molar-refractivity contribution in [2.75, 3.05) is 0 Å². The minimum Gasteiger partial charge on any atom is -0.352 e. The van der Waals surface area contributed by atoms with Crippen LogP contribution in [0.4, 0.5) is 8.78 Å². The van der Waals surface area contributed by atoms with Crippen molar-refractivity contribution in [3.05, 3.63) is 75.6 Å². The Balaban J connectivity index is 1.69. The van der Waals surface area contributed by atoms with Gasteiger partial charge in [0.25, 0.3) is 0 Å². The van der Waals surface area contributed by atoms with Gasteiger partial charge in [0.1, 0.15) is 11.6 Å². The number of aromatic nitrogens is 1. The number of hydrogen-bond acceptors (Lipinski definition) is 3. The van der Waals surface area contributed by atoms with Gasteiger partial charge in [-0.2, -0.15) is 0 Å². The maximum Gasteiger partial charge on any atom is 0.225 e. The lowest BCUT2D eigenvalue weighted by molar-refractivity contribution is -0.120. The molecule has 6 heteroatoms. The van der Waals surface area contributed by atoms with Gasteiger partial charge in [0, 0.05) is 17.0 Å². The standard InChI is InChI=1S/C19H16F2N2OS/c1-12-23-19(14-4-8-16(21)9-5-14)17(25-12)10-18(24)22-11-13-2-6-15(20)7-3-13/h2-9H,10-11H2,1H3,(H,22,24). The van der Waals surface area contributed by atoms with E-state index in [1.54, 1.807) is 24.3 Å². The molecule has 0 radical (unpaired) electrons. The maximum absolute atomic E-state index is 13.1. The molecule has 0 bridgehead atoms. The predicted molar refractivity (Wildman–Crippen MR) is 94.2 cm³/mol. The Morgan fingerprint density at radius 1 is 1.04 bits per heavy atom. The topological polar surface area (TPSA) is 42.0 Å². The summed E-state index contributed by atoms with van der Waals surface area (Å²) in [7, 11) is 0. The van der Waals surface area contributed by atoms with Crippen molar-refractivity contribution in [3.8, 4) is 11.3 Å². The van der Waals surface area contributed by atoms with E-state index in [0.717, 1.165) is 21.0 Å². The molecule has 128 valence electrons. The molecular formula is C19H16F2N2OS. The molecule has 0 saturated heterocycles. The first-order valence-corrected chi connectivity index (χ1v) is 8.56. The molecule has 0 aliphatic rings. The minimum absolute atomic E-state index is 0.142. The highest BCUT2D eigenvalue weighted by Crippen LogP contribution is 2.28. The number of nitrogens with zero attached hydrogens (tertiary/aromatic N) is 1. The van der Waals surface area contributed by atoms with E-state index in [0.29, 0.717) is 12.2 Å². The number of halogens is 2. The van der Waals surface area contributed by atoms with Crippen LogP contribution in [-0.4, -0.2) is 10.9 Å². The zero-order chi connectivity index (χ0) is 17.8. The van der Waals surface area contributed by atoms with Crippen LogP contribution < -0.4 is 5.32 Å². The molecule has 0 aliphatic heterocycles. The van der Waals surface area contributed by atoms with E-state index in [4.69, 9.17) is 0 Å². The van der Waals surface area contributed by atoms with Gasteiger partial charge >= 0.3 is 0 Å². The van der Waals surface area contributed by atoms with E-state index in [1.807, 2.05) is 6.92 Å². The summed E-state index contributed by atoms with van der Waals surface area (Å²) in [6, 6.07) is 12.1. The monoisotopic (exact) mass is 358 g/mol. The summed E-state index contributed by atoms with van der Waals surface area (Å²) in [4.78, 5) is 17.5. The molecular weight excluding hydrogens is 342 g/mol. The minimum atomic E-state index is -0.311. The summed E-state index contributed by atoms with van der Waals surface area (Å²) < 4.78 is 26.0. The van der Waals surface area contributed by atoms with Gasteiger partial charge < -0.3 is 5.32 Å². The average molecular weight is 358 g/mol. The Morgan fingerprint density at radius 2 is 1.64 bits per heavy atom. The molecule has 1 heterocycles. The van der Waals surface area contributed by atoms with E-state index in [1.165, 1.54) is 35.6 Å². The first kappa shape index (κ1) is 17.2. The second-order valence-electron chi connectivity index (χ2n) is 5.59. The van der Waals surface area contributed by atoms with Crippen LogP contribution in [0.15, 0.2) is 48.5 Å². The second-order valence-corrected chi connectivity index (χ2v) is 6.88. The summed E-state index contributed by atoms with van der Waals surface area (Å²) in [5.74, 6) is -0.759. The van der Waals surface area contributed by atoms with Crippen LogP contribution in [0.3, 0.4) is 0 Å². The van der Waals surface area contributed by atoms with E-state index < -0.39 is 0 Å². The predicted octanol–water partition coefficient (Wildman–Crippen LogP) is 4.26. The highest BCUT2D eigenvalue weighted by Gasteiger charge is 2.15. The summed E-state index contributed by atoms with van der Waals surface area (Å²) in [6.45, 7) is 2.21. The highest BCUT2D eigenvalue weighted by molar-refractivity contribution is 7.12. The number of carbonyl (C=O) groups excluding carboxylic acids is 1. The number of carbonyl (C=O) groups is 1. The van der Waals surface area contributed by atoms with Gasteiger partial charge in [0.15, 0.2) is 0 Å². The Bertz CT molecular complexity index is 873. The van der Waals surface area contributed by atoms with Crippen LogP contribution in [0, 0.1) is 18.6 Å². The maximum atomic E-state index is 13.1. The van der Waals surface area contributed by atoms with Gasteiger partial charge in [0.05, 0.1) is 17.1 Å². The number of amides is 1.